The minimum atomic E-state index is 0.0303. The number of rotatable bonds is 10. The van der Waals surface area contributed by atoms with Gasteiger partial charge in [-0.25, -0.2) is 0 Å². The highest BCUT2D eigenvalue weighted by molar-refractivity contribution is 5.95. The van der Waals surface area contributed by atoms with Crippen LogP contribution in [0.15, 0.2) is 77.0 Å². The van der Waals surface area contributed by atoms with Crippen LogP contribution in [-0.2, 0) is 4.79 Å². The third-order valence-electron chi connectivity index (χ3n) is 5.39. The molecule has 4 atom stereocenters. The normalized spacial score (nSPS) is 20.2. The number of ether oxygens (including phenoxy) is 1. The second-order valence-electron chi connectivity index (χ2n) is 8.27. The van der Waals surface area contributed by atoms with Gasteiger partial charge >= 0.3 is 0 Å². The van der Waals surface area contributed by atoms with Crippen molar-refractivity contribution in [2.45, 2.75) is 46.1 Å². The van der Waals surface area contributed by atoms with Gasteiger partial charge in [0.05, 0.1) is 17.5 Å². The fourth-order valence-electron chi connectivity index (χ4n) is 3.59. The van der Waals surface area contributed by atoms with Gasteiger partial charge in [0.15, 0.2) is 5.78 Å². The van der Waals surface area contributed by atoms with Crippen LogP contribution < -0.4 is 4.74 Å². The van der Waals surface area contributed by atoms with E-state index in [1.54, 1.807) is 0 Å². The van der Waals surface area contributed by atoms with Crippen LogP contribution in [0.4, 0.5) is 11.4 Å². The van der Waals surface area contributed by atoms with Gasteiger partial charge in [-0.1, -0.05) is 38.6 Å². The summed E-state index contributed by atoms with van der Waals surface area (Å²) in [6.07, 6.45) is 2.52. The van der Waals surface area contributed by atoms with Crippen molar-refractivity contribution in [1.82, 2.24) is 0 Å². The topological polar surface area (TPSA) is 51.0 Å². The highest BCUT2D eigenvalue weighted by atomic mass is 16.5. The number of carbonyl (C=O) groups excluding carboxylic acids is 1. The van der Waals surface area contributed by atoms with E-state index in [2.05, 4.69) is 30.7 Å². The van der Waals surface area contributed by atoms with Gasteiger partial charge in [0, 0.05) is 6.42 Å². The molecule has 1 aliphatic rings. The van der Waals surface area contributed by atoms with Crippen LogP contribution >= 0.6 is 0 Å². The number of Topliss-reactive ketones (excluding diaryl/α,β-unsaturated/α-hetero) is 1. The molecule has 0 N–H and O–H groups in total. The number of nitrogens with zero attached hydrogens (tertiary/aromatic N) is 2. The minimum Gasteiger partial charge on any atom is -0.491 e. The van der Waals surface area contributed by atoms with Gasteiger partial charge in [-0.15, -0.1) is 0 Å². The zero-order valence-corrected chi connectivity index (χ0v) is 17.5. The number of ketones is 1. The molecule has 2 unspecified atom stereocenters. The molecule has 0 bridgehead atoms. The van der Waals surface area contributed by atoms with Gasteiger partial charge in [-0.05, 0) is 79.5 Å². The molecular weight excluding hydrogens is 360 g/mol. The molecule has 0 aliphatic heterocycles. The van der Waals surface area contributed by atoms with Crippen LogP contribution in [0.25, 0.3) is 0 Å². The summed E-state index contributed by atoms with van der Waals surface area (Å²) in [7, 11) is 0. The lowest BCUT2D eigenvalue weighted by molar-refractivity contribution is -0.116. The molecule has 1 aliphatic carbocycles. The zero-order valence-electron chi connectivity index (χ0n) is 17.5. The average molecular weight is 391 g/mol. The zero-order chi connectivity index (χ0) is 20.8. The Bertz CT molecular complexity index is 858. The van der Waals surface area contributed by atoms with Gasteiger partial charge < -0.3 is 4.74 Å². The molecule has 29 heavy (non-hydrogen) atoms. The van der Waals surface area contributed by atoms with Gasteiger partial charge in [0.2, 0.25) is 0 Å². The maximum atomic E-state index is 12.4. The molecule has 2 aromatic rings. The van der Waals surface area contributed by atoms with Crippen molar-refractivity contribution >= 4 is 17.2 Å². The Morgan fingerprint density at radius 2 is 1.66 bits per heavy atom. The third kappa shape index (κ3) is 6.38. The van der Waals surface area contributed by atoms with E-state index >= 15 is 0 Å². The molecule has 0 radical (unpaired) electrons. The number of azo groups is 1. The Kier molecular flexibility index (Phi) is 6.97. The Hall–Kier alpha value is -2.75. The predicted octanol–water partition coefficient (Wildman–Crippen LogP) is 7.07. The van der Waals surface area contributed by atoms with Crippen LogP contribution in [0.3, 0.4) is 0 Å². The van der Waals surface area contributed by atoms with E-state index in [1.165, 1.54) is 0 Å². The van der Waals surface area contributed by atoms with E-state index in [1.807, 2.05) is 61.5 Å². The molecule has 0 amide bonds. The number of hydrogen-bond donors (Lipinski definition) is 0. The van der Waals surface area contributed by atoms with Gasteiger partial charge in [0.1, 0.15) is 5.75 Å². The first-order valence-corrected chi connectivity index (χ1v) is 10.4. The largest absolute Gasteiger partial charge is 0.491 e. The first kappa shape index (κ1) is 21.0. The Morgan fingerprint density at radius 1 is 1.07 bits per heavy atom. The summed E-state index contributed by atoms with van der Waals surface area (Å²) in [6, 6.07) is 17.2. The van der Waals surface area contributed by atoms with Crippen molar-refractivity contribution in [3.05, 3.63) is 66.7 Å². The van der Waals surface area contributed by atoms with E-state index in [0.717, 1.165) is 35.5 Å². The number of hydrogen-bond acceptors (Lipinski definition) is 4. The van der Waals surface area contributed by atoms with Crippen LogP contribution in [-0.4, -0.2) is 11.9 Å². The molecule has 152 valence electrons. The van der Waals surface area contributed by atoms with E-state index < -0.39 is 0 Å². The fourth-order valence-corrected chi connectivity index (χ4v) is 3.59. The summed E-state index contributed by atoms with van der Waals surface area (Å²) >= 11 is 0. The first-order valence-electron chi connectivity index (χ1n) is 10.4. The third-order valence-corrected chi connectivity index (χ3v) is 5.39. The summed E-state index contributed by atoms with van der Waals surface area (Å²) in [5.74, 6) is 2.32. The summed E-state index contributed by atoms with van der Waals surface area (Å²) in [6.45, 7) is 10.3. The van der Waals surface area contributed by atoms with E-state index in [0.29, 0.717) is 18.3 Å². The summed E-state index contributed by atoms with van der Waals surface area (Å²) in [5, 5.41) is 8.46. The molecule has 1 fully saturated rings. The Balaban J connectivity index is 1.45. The lowest BCUT2D eigenvalue weighted by atomic mass is 9.93. The summed E-state index contributed by atoms with van der Waals surface area (Å²) in [5.41, 5.74) is 2.42. The van der Waals surface area contributed by atoms with Crippen molar-refractivity contribution < 1.29 is 9.53 Å². The standard InChI is InChI=1S/C25H30N2O2/c1-17(15-25(28)20(4)24-16-18(24)2)14-19(3)29-23-12-10-22(11-13-23)27-26-21-8-6-5-7-9-21/h5-13,17-19,24H,4,14-16H2,1-3H3/t17?,18-,19+,24?/m0/s1. The van der Waals surface area contributed by atoms with Gasteiger partial charge in [-0.2, -0.15) is 10.2 Å². The Labute approximate surface area is 173 Å². The highest BCUT2D eigenvalue weighted by Gasteiger charge is 2.37. The molecule has 0 aromatic heterocycles. The van der Waals surface area contributed by atoms with E-state index in [9.17, 15) is 4.79 Å². The van der Waals surface area contributed by atoms with Crippen molar-refractivity contribution in [2.75, 3.05) is 0 Å². The number of allylic oxidation sites excluding steroid dienone is 1. The van der Waals surface area contributed by atoms with E-state index in [-0.39, 0.29) is 17.8 Å². The molecular formula is C25H30N2O2. The van der Waals surface area contributed by atoms with Crippen molar-refractivity contribution in [3.63, 3.8) is 0 Å². The molecule has 0 heterocycles. The summed E-state index contributed by atoms with van der Waals surface area (Å²) in [4.78, 5) is 12.4. The monoisotopic (exact) mass is 390 g/mol. The molecule has 2 aromatic carbocycles. The quantitative estimate of drug-likeness (QED) is 0.322. The highest BCUT2D eigenvalue weighted by Crippen LogP contribution is 2.43. The second-order valence-corrected chi connectivity index (χ2v) is 8.27. The smallest absolute Gasteiger partial charge is 0.158 e. The molecule has 0 spiro atoms. The van der Waals surface area contributed by atoms with Crippen LogP contribution in [0.5, 0.6) is 5.75 Å². The average Bonchev–Trinajstić information content (AvgIpc) is 3.44. The van der Waals surface area contributed by atoms with Gasteiger partial charge in [-0.3, -0.25) is 4.79 Å². The SMILES string of the molecule is C=C(C(=O)CC(C)C[C@@H](C)Oc1ccc(N=Nc2ccccc2)cc1)C1C[C@@H]1C. The lowest BCUT2D eigenvalue weighted by Gasteiger charge is -2.19. The van der Waals surface area contributed by atoms with Crippen LogP contribution in [0.1, 0.15) is 40.0 Å². The lowest BCUT2D eigenvalue weighted by Crippen LogP contribution is -2.18. The second kappa shape index (κ2) is 9.64. The minimum absolute atomic E-state index is 0.0303. The first-order chi connectivity index (χ1) is 13.9. The van der Waals surface area contributed by atoms with E-state index in [4.69, 9.17) is 4.74 Å². The molecule has 1 saturated carbocycles. The molecule has 3 rings (SSSR count). The molecule has 4 heteroatoms. The maximum absolute atomic E-state index is 12.4. The van der Waals surface area contributed by atoms with Crippen LogP contribution in [0, 0.1) is 17.8 Å². The predicted molar refractivity (Wildman–Crippen MR) is 117 cm³/mol. The Morgan fingerprint density at radius 3 is 2.24 bits per heavy atom. The molecule has 4 nitrogen and oxygen atoms in total. The van der Waals surface area contributed by atoms with Gasteiger partial charge in [0.25, 0.3) is 0 Å². The van der Waals surface area contributed by atoms with Crippen molar-refractivity contribution in [1.29, 1.82) is 0 Å². The molecule has 0 saturated heterocycles. The van der Waals surface area contributed by atoms with Crippen molar-refractivity contribution in [2.24, 2.45) is 28.0 Å². The fraction of sp³-hybridized carbons (Fsp3) is 0.400. The maximum Gasteiger partial charge on any atom is 0.158 e. The van der Waals surface area contributed by atoms with Crippen molar-refractivity contribution in [3.8, 4) is 5.75 Å². The summed E-state index contributed by atoms with van der Waals surface area (Å²) < 4.78 is 6.02. The number of benzene rings is 2. The number of carbonyl (C=O) groups is 1. The van der Waals surface area contributed by atoms with Crippen LogP contribution in [0.2, 0.25) is 0 Å².